The van der Waals surface area contributed by atoms with Crippen molar-refractivity contribution >= 4 is 66.4 Å². The van der Waals surface area contributed by atoms with Crippen LogP contribution in [-0.2, 0) is 0 Å². The standard InChI is InChI=1S/C88H58F2N2/c89-79-55-53-75(71-43-23-19-39-67(71)59-27-7-1-8-28-59)85(73-45-25-21-41-69(73)61-31-11-3-12-32-61)87(79)91(65-35-15-5-16-36-65)81-57-49-63-48-52-78-82(58-50-64-47-51-77(81)83(63)84(64)78)92(66-37-17-6-18-38-66)88-80(90)56-54-76(72-44-24-20-40-68(72)60-29-9-2-10-30-60)86(88)74-46-26-22-42-70(74)62-33-13-4-14-34-62/h1-58H/i5D,6D,15D,16D,17D,18D,35D,36D,37D,38D. The van der Waals surface area contributed by atoms with Gasteiger partial charge in [0.15, 0.2) is 0 Å². The number of hydrogen-bond acceptors (Lipinski definition) is 2. The monoisotopic (exact) mass is 1190 g/mol. The van der Waals surface area contributed by atoms with Crippen molar-refractivity contribution in [2.75, 3.05) is 9.80 Å². The minimum absolute atomic E-state index is 0.118. The van der Waals surface area contributed by atoms with E-state index in [1.54, 1.807) is 24.3 Å². The van der Waals surface area contributed by atoms with Crippen LogP contribution in [0.1, 0.15) is 13.7 Å². The minimum Gasteiger partial charge on any atom is -0.307 e. The second-order valence-electron chi connectivity index (χ2n) is 22.5. The summed E-state index contributed by atoms with van der Waals surface area (Å²) in [5.41, 5.74) is 10.5. The Morgan fingerprint density at radius 1 is 0.239 bits per heavy atom. The van der Waals surface area contributed by atoms with Gasteiger partial charge in [0.1, 0.15) is 11.6 Å². The lowest BCUT2D eigenvalue weighted by Crippen LogP contribution is -2.15. The van der Waals surface area contributed by atoms with Crippen LogP contribution >= 0.6 is 0 Å². The maximum absolute atomic E-state index is 18.9. The first kappa shape index (κ1) is 45.3. The predicted molar refractivity (Wildman–Crippen MR) is 383 cm³/mol. The zero-order valence-electron chi connectivity index (χ0n) is 59.4. The van der Waals surface area contributed by atoms with Crippen LogP contribution in [0, 0.1) is 11.6 Å². The van der Waals surface area contributed by atoms with Crippen LogP contribution in [0.2, 0.25) is 0 Å². The second kappa shape index (κ2) is 23.8. The molecule has 434 valence electrons. The molecule has 0 heterocycles. The fourth-order valence-corrected chi connectivity index (χ4v) is 13.5. The summed E-state index contributed by atoms with van der Waals surface area (Å²) in [4.78, 5) is 2.94. The van der Waals surface area contributed by atoms with E-state index in [1.807, 2.05) is 255 Å². The van der Waals surface area contributed by atoms with Crippen molar-refractivity contribution in [2.24, 2.45) is 0 Å². The molecule has 0 aliphatic rings. The molecule has 0 radical (unpaired) electrons. The minimum atomic E-state index is -0.775. The summed E-state index contributed by atoms with van der Waals surface area (Å²) in [5.74, 6) is -1.55. The van der Waals surface area contributed by atoms with Gasteiger partial charge in [-0.15, -0.1) is 0 Å². The second-order valence-corrected chi connectivity index (χ2v) is 22.5. The van der Waals surface area contributed by atoms with Crippen molar-refractivity contribution in [2.45, 2.75) is 0 Å². The molecular formula is C88H58F2N2. The van der Waals surface area contributed by atoms with Gasteiger partial charge in [-0.2, -0.15) is 0 Å². The largest absolute Gasteiger partial charge is 0.307 e. The highest BCUT2D eigenvalue weighted by molar-refractivity contribution is 6.28. The molecule has 0 aromatic heterocycles. The molecule has 16 rings (SSSR count). The molecule has 0 N–H and O–H groups in total. The van der Waals surface area contributed by atoms with E-state index in [4.69, 9.17) is 2.74 Å². The number of benzene rings is 16. The van der Waals surface area contributed by atoms with Crippen LogP contribution in [0.15, 0.2) is 352 Å². The van der Waals surface area contributed by atoms with Crippen LogP contribution in [0.5, 0.6) is 0 Å². The number of hydrogen-bond donors (Lipinski definition) is 0. The maximum atomic E-state index is 18.9. The smallest absolute Gasteiger partial charge is 0.147 e. The normalized spacial score (nSPS) is 12.9. The number of anilines is 6. The molecule has 0 saturated carbocycles. The van der Waals surface area contributed by atoms with E-state index in [2.05, 4.69) is 0 Å². The molecule has 16 aromatic rings. The zero-order chi connectivity index (χ0) is 70.2. The lowest BCUT2D eigenvalue weighted by atomic mass is 9.84. The van der Waals surface area contributed by atoms with E-state index in [9.17, 15) is 11.0 Å². The molecule has 0 unspecified atom stereocenters. The Balaban J connectivity index is 1.04. The third-order valence-corrected chi connectivity index (χ3v) is 17.4. The van der Waals surface area contributed by atoms with E-state index in [-0.39, 0.29) is 34.1 Å². The summed E-state index contributed by atoms with van der Waals surface area (Å²) >= 11 is 0. The molecule has 0 amide bonds. The number of para-hydroxylation sites is 2. The highest BCUT2D eigenvalue weighted by Gasteiger charge is 2.32. The molecule has 0 saturated heterocycles. The summed E-state index contributed by atoms with van der Waals surface area (Å²) < 4.78 is 133. The van der Waals surface area contributed by atoms with E-state index in [1.165, 1.54) is 21.9 Å². The van der Waals surface area contributed by atoms with Gasteiger partial charge in [0.2, 0.25) is 0 Å². The van der Waals surface area contributed by atoms with Gasteiger partial charge in [-0.1, -0.05) is 303 Å². The summed E-state index contributed by atoms with van der Waals surface area (Å²) in [6.45, 7) is 0. The van der Waals surface area contributed by atoms with Crippen molar-refractivity contribution in [3.8, 4) is 89.0 Å². The Hall–Kier alpha value is -12.0. The quantitative estimate of drug-likeness (QED) is 0.100. The average Bonchev–Trinajstić information content (AvgIpc) is 0.712. The molecular weight excluding hydrogens is 1120 g/mol. The van der Waals surface area contributed by atoms with E-state index >= 15 is 8.78 Å². The first-order valence-corrected chi connectivity index (χ1v) is 30.4. The van der Waals surface area contributed by atoms with Crippen molar-refractivity contribution in [3.05, 3.63) is 363 Å². The summed E-state index contributed by atoms with van der Waals surface area (Å²) in [7, 11) is 0. The fraction of sp³-hybridized carbons (Fsp3) is 0. The van der Waals surface area contributed by atoms with Crippen molar-refractivity contribution in [1.82, 2.24) is 0 Å². The van der Waals surface area contributed by atoms with Gasteiger partial charge in [-0.3, -0.25) is 0 Å². The molecule has 0 aliphatic carbocycles. The summed E-state index contributed by atoms with van der Waals surface area (Å²) in [6, 6.07) is 84.7. The van der Waals surface area contributed by atoms with Crippen LogP contribution in [-0.4, -0.2) is 0 Å². The third-order valence-electron chi connectivity index (χ3n) is 17.4. The fourth-order valence-electron chi connectivity index (χ4n) is 13.5. The van der Waals surface area contributed by atoms with Gasteiger partial charge in [-0.05, 0) is 148 Å². The van der Waals surface area contributed by atoms with Gasteiger partial charge in [0.25, 0.3) is 0 Å². The van der Waals surface area contributed by atoms with Crippen LogP contribution in [0.25, 0.3) is 121 Å². The third kappa shape index (κ3) is 9.74. The first-order valence-electron chi connectivity index (χ1n) is 35.4. The summed E-state index contributed by atoms with van der Waals surface area (Å²) in [5, 5.41) is 3.38. The van der Waals surface area contributed by atoms with Crippen LogP contribution in [0.4, 0.5) is 42.9 Å². The van der Waals surface area contributed by atoms with Gasteiger partial charge < -0.3 is 9.80 Å². The molecule has 0 bridgehead atoms. The summed E-state index contributed by atoms with van der Waals surface area (Å²) in [6.07, 6.45) is 0. The number of halogens is 2. The number of nitrogens with zero attached hydrogens (tertiary/aromatic N) is 2. The van der Waals surface area contributed by atoms with Crippen LogP contribution < -0.4 is 9.80 Å². The molecule has 2 nitrogen and oxygen atoms in total. The molecule has 0 atom stereocenters. The Labute approximate surface area is 548 Å². The first-order chi connectivity index (χ1) is 49.7. The van der Waals surface area contributed by atoms with E-state index in [0.717, 1.165) is 55.6 Å². The van der Waals surface area contributed by atoms with Crippen molar-refractivity contribution in [1.29, 1.82) is 0 Å². The Bertz CT molecular complexity index is 5570. The molecule has 0 aliphatic heterocycles. The molecule has 0 spiro atoms. The Kier molecular flexibility index (Phi) is 11.7. The lowest BCUT2D eigenvalue weighted by molar-refractivity contribution is 0.629. The van der Waals surface area contributed by atoms with Gasteiger partial charge in [0.05, 0.1) is 36.5 Å². The Morgan fingerprint density at radius 3 is 0.859 bits per heavy atom. The van der Waals surface area contributed by atoms with Crippen molar-refractivity contribution < 1.29 is 22.5 Å². The zero-order valence-corrected chi connectivity index (χ0v) is 49.4. The van der Waals surface area contributed by atoms with E-state index in [0.29, 0.717) is 65.7 Å². The van der Waals surface area contributed by atoms with Gasteiger partial charge in [-0.25, -0.2) is 8.78 Å². The van der Waals surface area contributed by atoms with Gasteiger partial charge in [0, 0.05) is 33.3 Å². The molecule has 4 heteroatoms. The molecule has 92 heavy (non-hydrogen) atoms. The Morgan fingerprint density at radius 2 is 0.522 bits per heavy atom. The number of rotatable bonds is 14. The highest BCUT2D eigenvalue weighted by atomic mass is 19.1. The topological polar surface area (TPSA) is 6.48 Å². The van der Waals surface area contributed by atoms with Gasteiger partial charge >= 0.3 is 0 Å². The SMILES string of the molecule is [2H]c1c([2H])c([2H])c(N(c2c(F)ccc(-c3ccccc3-c3ccccc3)c2-c2ccccc2-c2ccccc2)c2ccc3ccc4c(N(c5c([2H])c([2H])c([2H])c([2H])c5[2H])c5c(F)ccc(-c6ccccc6-c6ccccc6)c5-c5ccccc5-c5ccccc5)ccc5ccc2c3c54)c([2H])c1[2H]. The average molecular weight is 1190 g/mol. The van der Waals surface area contributed by atoms with Crippen LogP contribution in [0.3, 0.4) is 0 Å². The van der Waals surface area contributed by atoms with Crippen molar-refractivity contribution in [3.63, 3.8) is 0 Å². The highest BCUT2D eigenvalue weighted by Crippen LogP contribution is 2.56. The maximum Gasteiger partial charge on any atom is 0.147 e. The van der Waals surface area contributed by atoms with E-state index < -0.39 is 72.1 Å². The molecule has 0 fully saturated rings. The predicted octanol–water partition coefficient (Wildman–Crippen LogP) is 25.1. The lowest BCUT2D eigenvalue weighted by Gasteiger charge is -2.32. The molecule has 16 aromatic carbocycles.